The van der Waals surface area contributed by atoms with Crippen LogP contribution < -0.4 is 19.7 Å². The molecule has 0 aromatic carbocycles. The molecule has 0 atom stereocenters. The van der Waals surface area contributed by atoms with E-state index in [0.29, 0.717) is 12.8 Å². The van der Waals surface area contributed by atoms with Gasteiger partial charge in [0.2, 0.25) is 20.0 Å². The minimum Gasteiger partial charge on any atom is -0.549 e. The molecule has 0 bridgehead atoms. The molecule has 10 nitrogen and oxygen atoms in total. The Morgan fingerprint density at radius 2 is 0.444 bits per heavy atom. The van der Waals surface area contributed by atoms with Crippen LogP contribution in [0.4, 0.5) is 0 Å². The molecule has 0 aromatic heterocycles. The Balaban J connectivity index is -0.00000112. The molecular formula is C50H100CaN2O8S2. The van der Waals surface area contributed by atoms with E-state index in [4.69, 9.17) is 0 Å². The Morgan fingerprint density at radius 1 is 0.302 bits per heavy atom. The van der Waals surface area contributed by atoms with Gasteiger partial charge in [-0.3, -0.25) is 0 Å². The minimum absolute atomic E-state index is 0. The fourth-order valence-electron chi connectivity index (χ4n) is 7.93. The standard InChI is InChI=1S/2C25H51NO4S.Ca/c2*1-2-3-4-5-6-7-8-9-10-11-12-13-14-15-16-17-18-19-20-21-22-23-31(29,30)26-24-25(27)28;/h2*26H,2-24H2,1H3,(H,27,28);/q;;+2/p-2. The van der Waals surface area contributed by atoms with E-state index in [0.717, 1.165) is 38.5 Å². The molecule has 0 saturated carbocycles. The number of hydrogen-bond donors (Lipinski definition) is 2. The van der Waals surface area contributed by atoms with Gasteiger partial charge in [0.15, 0.2) is 0 Å². The van der Waals surface area contributed by atoms with Crippen molar-refractivity contribution in [1.82, 2.24) is 9.44 Å². The van der Waals surface area contributed by atoms with Crippen LogP contribution in [0.3, 0.4) is 0 Å². The molecule has 0 amide bonds. The Kier molecular flexibility index (Phi) is 56.6. The van der Waals surface area contributed by atoms with Crippen LogP contribution >= 0.6 is 0 Å². The third kappa shape index (κ3) is 62.0. The summed E-state index contributed by atoms with van der Waals surface area (Å²) in [5.74, 6) is -2.80. The van der Waals surface area contributed by atoms with E-state index in [9.17, 15) is 36.6 Å². The number of carboxylic acid groups (broad SMARTS) is 2. The zero-order valence-electron chi connectivity index (χ0n) is 41.3. The summed E-state index contributed by atoms with van der Waals surface area (Å²) >= 11 is 0. The van der Waals surface area contributed by atoms with Crippen molar-refractivity contribution in [2.24, 2.45) is 0 Å². The Hall–Kier alpha value is 0.0197. The van der Waals surface area contributed by atoms with Crippen molar-refractivity contribution in [1.29, 1.82) is 0 Å². The van der Waals surface area contributed by atoms with Crippen molar-refractivity contribution in [3.05, 3.63) is 0 Å². The van der Waals surface area contributed by atoms with Crippen molar-refractivity contribution in [3.63, 3.8) is 0 Å². The summed E-state index contributed by atoms with van der Waals surface area (Å²) in [7, 11) is -6.94. The predicted octanol–water partition coefficient (Wildman–Crippen LogP) is 11.4. The Labute approximate surface area is 420 Å². The van der Waals surface area contributed by atoms with Crippen LogP contribution in [0, 0.1) is 0 Å². The smallest absolute Gasteiger partial charge is 0.549 e. The summed E-state index contributed by atoms with van der Waals surface area (Å²) in [5.41, 5.74) is 0. The fraction of sp³-hybridized carbons (Fsp3) is 0.960. The van der Waals surface area contributed by atoms with Gasteiger partial charge in [-0.2, -0.15) is 0 Å². The van der Waals surface area contributed by atoms with Gasteiger partial charge >= 0.3 is 37.7 Å². The van der Waals surface area contributed by atoms with Crippen molar-refractivity contribution >= 4 is 69.7 Å². The topological polar surface area (TPSA) is 173 Å². The summed E-state index contributed by atoms with van der Waals surface area (Å²) in [6.07, 6.45) is 54.4. The first-order chi connectivity index (χ1) is 30.0. The second kappa shape index (κ2) is 53.0. The molecule has 0 aromatic rings. The summed E-state index contributed by atoms with van der Waals surface area (Å²) in [6.45, 7) is 3.27. The molecule has 0 spiro atoms. The molecular weight excluding hydrogens is 861 g/mol. The molecule has 0 aliphatic rings. The van der Waals surface area contributed by atoms with Gasteiger partial charge in [-0.1, -0.05) is 271 Å². The normalized spacial score (nSPS) is 11.6. The Bertz CT molecular complexity index is 1080. The Morgan fingerprint density at radius 3 is 0.587 bits per heavy atom. The third-order valence-corrected chi connectivity index (χ3v) is 14.7. The molecule has 13 heteroatoms. The molecule has 0 unspecified atom stereocenters. The van der Waals surface area contributed by atoms with Crippen molar-refractivity contribution in [3.8, 4) is 0 Å². The molecule has 0 aliphatic heterocycles. The van der Waals surface area contributed by atoms with E-state index in [2.05, 4.69) is 13.8 Å². The second-order valence-corrected chi connectivity index (χ2v) is 22.0. The van der Waals surface area contributed by atoms with Crippen LogP contribution in [-0.4, -0.2) is 91.1 Å². The van der Waals surface area contributed by atoms with E-state index >= 15 is 0 Å². The van der Waals surface area contributed by atoms with Crippen LogP contribution in [0.25, 0.3) is 0 Å². The van der Waals surface area contributed by atoms with Gasteiger partial charge in [0.05, 0.1) is 36.5 Å². The first-order valence-electron chi connectivity index (χ1n) is 26.3. The number of nitrogens with one attached hydrogen (secondary N) is 2. The zero-order valence-corrected chi connectivity index (χ0v) is 45.2. The van der Waals surface area contributed by atoms with Gasteiger partial charge in [-0.25, -0.2) is 26.3 Å². The van der Waals surface area contributed by atoms with Gasteiger partial charge in [-0.15, -0.1) is 0 Å². The van der Waals surface area contributed by atoms with Crippen LogP contribution in [0.15, 0.2) is 0 Å². The number of aliphatic carboxylic acids is 2. The maximum Gasteiger partial charge on any atom is 2.00 e. The van der Waals surface area contributed by atoms with Crippen LogP contribution in [0.5, 0.6) is 0 Å². The average Bonchev–Trinajstić information content (AvgIpc) is 3.23. The summed E-state index contributed by atoms with van der Waals surface area (Å²) in [5, 5.41) is 20.5. The molecule has 0 radical (unpaired) electrons. The molecule has 0 saturated heterocycles. The molecule has 0 aliphatic carbocycles. The van der Waals surface area contributed by atoms with E-state index < -0.39 is 45.1 Å². The minimum atomic E-state index is -3.47. The van der Waals surface area contributed by atoms with Crippen LogP contribution in [0.2, 0.25) is 0 Å². The van der Waals surface area contributed by atoms with Crippen LogP contribution in [-0.2, 0) is 29.6 Å². The fourth-order valence-corrected chi connectivity index (χ4v) is 10.1. The van der Waals surface area contributed by atoms with Crippen LogP contribution in [0.1, 0.15) is 284 Å². The first kappa shape index (κ1) is 67.3. The van der Waals surface area contributed by atoms with E-state index in [1.807, 2.05) is 9.44 Å². The maximum atomic E-state index is 11.5. The van der Waals surface area contributed by atoms with Gasteiger partial charge in [0, 0.05) is 0 Å². The summed E-state index contributed by atoms with van der Waals surface area (Å²) in [6, 6.07) is 0. The maximum absolute atomic E-state index is 11.5. The van der Waals surface area contributed by atoms with E-state index in [-0.39, 0.29) is 49.2 Å². The van der Waals surface area contributed by atoms with Gasteiger partial charge in [0.25, 0.3) is 0 Å². The SMILES string of the molecule is CCCCCCCCCCCCCCCCCCCCCCCS(=O)(=O)NCC(=O)[O-].CCCCCCCCCCCCCCCCCCCCCCCS(=O)(=O)NCC(=O)[O-].[Ca+2]. The first-order valence-corrected chi connectivity index (χ1v) is 29.6. The molecule has 0 heterocycles. The average molecular weight is 962 g/mol. The number of rotatable bonds is 50. The predicted molar refractivity (Wildman–Crippen MR) is 265 cm³/mol. The van der Waals surface area contributed by atoms with Crippen molar-refractivity contribution in [2.75, 3.05) is 24.6 Å². The van der Waals surface area contributed by atoms with Crippen molar-refractivity contribution in [2.45, 2.75) is 284 Å². The second-order valence-electron chi connectivity index (χ2n) is 18.2. The number of carbonyl (C=O) groups excluding carboxylic acids is 2. The number of hydrogen-bond acceptors (Lipinski definition) is 8. The molecule has 63 heavy (non-hydrogen) atoms. The molecule has 0 fully saturated rings. The zero-order chi connectivity index (χ0) is 46.1. The number of unbranched alkanes of at least 4 members (excludes halogenated alkanes) is 40. The number of carboxylic acids is 2. The largest absolute Gasteiger partial charge is 2.00 e. The van der Waals surface area contributed by atoms with Gasteiger partial charge in [0.1, 0.15) is 0 Å². The number of sulfonamides is 2. The van der Waals surface area contributed by atoms with Gasteiger partial charge < -0.3 is 19.8 Å². The monoisotopic (exact) mass is 961 g/mol. The summed E-state index contributed by atoms with van der Waals surface area (Å²) in [4.78, 5) is 20.5. The van der Waals surface area contributed by atoms with Crippen molar-refractivity contribution < 1.29 is 36.6 Å². The molecule has 2 N–H and O–H groups in total. The summed E-state index contributed by atoms with van der Waals surface area (Å²) < 4.78 is 50.2. The van der Waals surface area contributed by atoms with E-state index in [1.165, 1.54) is 218 Å². The molecule has 372 valence electrons. The third-order valence-electron chi connectivity index (χ3n) is 11.9. The number of carbonyl (C=O) groups is 2. The van der Waals surface area contributed by atoms with E-state index in [1.54, 1.807) is 0 Å². The molecule has 0 rings (SSSR count). The van der Waals surface area contributed by atoms with Gasteiger partial charge in [-0.05, 0) is 12.8 Å². The quantitative estimate of drug-likeness (QED) is 0.0448.